The summed E-state index contributed by atoms with van der Waals surface area (Å²) in [6, 6.07) is 7.95. The fourth-order valence-corrected chi connectivity index (χ4v) is 5.67. The number of piperazine rings is 1. The number of nitrogens with two attached hydrogens (primary N) is 1. The Morgan fingerprint density at radius 1 is 1.10 bits per heavy atom. The average molecular weight is 441 g/mol. The van der Waals surface area contributed by atoms with Gasteiger partial charge >= 0.3 is 0 Å². The smallest absolute Gasteiger partial charge is 0.251 e. The first-order valence-corrected chi connectivity index (χ1v) is 11.5. The molecule has 1 aliphatic carbocycles. The second-order valence-corrected chi connectivity index (χ2v) is 9.34. The van der Waals surface area contributed by atoms with Gasteiger partial charge in [0, 0.05) is 31.1 Å². The van der Waals surface area contributed by atoms with Gasteiger partial charge in [-0.3, -0.25) is 19.3 Å². The van der Waals surface area contributed by atoms with Gasteiger partial charge < -0.3 is 16.0 Å². The van der Waals surface area contributed by atoms with Gasteiger partial charge in [0.2, 0.25) is 11.8 Å². The molecule has 31 heavy (non-hydrogen) atoms. The van der Waals surface area contributed by atoms with E-state index in [2.05, 4.69) is 5.32 Å². The van der Waals surface area contributed by atoms with Crippen LogP contribution in [0.3, 0.4) is 0 Å². The van der Waals surface area contributed by atoms with Gasteiger partial charge in [0.15, 0.2) is 0 Å². The normalized spacial score (nSPS) is 16.2. The summed E-state index contributed by atoms with van der Waals surface area (Å²) in [5.74, 6) is -0.504. The predicted octanol–water partition coefficient (Wildman–Crippen LogP) is 1.97. The lowest BCUT2D eigenvalue weighted by atomic mass is 10.1. The summed E-state index contributed by atoms with van der Waals surface area (Å²) in [7, 11) is 0. The third kappa shape index (κ3) is 4.80. The van der Waals surface area contributed by atoms with Gasteiger partial charge in [-0.1, -0.05) is 24.3 Å². The molecule has 8 heteroatoms. The van der Waals surface area contributed by atoms with Gasteiger partial charge in [0.1, 0.15) is 5.00 Å². The van der Waals surface area contributed by atoms with Crippen molar-refractivity contribution in [3.05, 3.63) is 51.4 Å². The van der Waals surface area contributed by atoms with E-state index < -0.39 is 5.91 Å². The molecule has 0 bridgehead atoms. The SMILES string of the molecule is Cc1ccccc1CC(=O)N1CCN(CC(=O)Nc2sc3c(c2C(N)=O)CCC3)CC1. The fourth-order valence-electron chi connectivity index (χ4n) is 4.36. The fraction of sp³-hybridized carbons (Fsp3) is 0.435. The molecule has 0 spiro atoms. The largest absolute Gasteiger partial charge is 0.365 e. The summed E-state index contributed by atoms with van der Waals surface area (Å²) in [5, 5.41) is 3.48. The molecule has 2 aliphatic rings. The number of anilines is 1. The molecule has 164 valence electrons. The highest BCUT2D eigenvalue weighted by Gasteiger charge is 2.27. The van der Waals surface area contributed by atoms with Crippen molar-refractivity contribution in [3.63, 3.8) is 0 Å². The maximum atomic E-state index is 12.6. The molecule has 4 rings (SSSR count). The molecule has 0 radical (unpaired) electrons. The minimum absolute atomic E-state index is 0.123. The maximum absolute atomic E-state index is 12.6. The van der Waals surface area contributed by atoms with Crippen LogP contribution in [0.5, 0.6) is 0 Å². The molecule has 0 unspecified atom stereocenters. The van der Waals surface area contributed by atoms with E-state index in [0.29, 0.717) is 43.2 Å². The molecule has 2 aromatic rings. The number of fused-ring (bicyclic) bond motifs is 1. The number of amides is 3. The Morgan fingerprint density at radius 2 is 1.84 bits per heavy atom. The first-order valence-electron chi connectivity index (χ1n) is 10.7. The van der Waals surface area contributed by atoms with E-state index in [9.17, 15) is 14.4 Å². The molecule has 0 atom stereocenters. The Hall–Kier alpha value is -2.71. The van der Waals surface area contributed by atoms with Gasteiger partial charge in [0.25, 0.3) is 5.91 Å². The van der Waals surface area contributed by atoms with E-state index in [1.807, 2.05) is 41.0 Å². The molecule has 0 saturated carbocycles. The predicted molar refractivity (Wildman–Crippen MR) is 121 cm³/mol. The number of hydrogen-bond acceptors (Lipinski definition) is 5. The lowest BCUT2D eigenvalue weighted by molar-refractivity contribution is -0.132. The summed E-state index contributed by atoms with van der Waals surface area (Å²) in [6.45, 7) is 4.77. The highest BCUT2D eigenvalue weighted by Crippen LogP contribution is 2.38. The van der Waals surface area contributed by atoms with Crippen LogP contribution in [-0.4, -0.2) is 60.2 Å². The summed E-state index contributed by atoms with van der Waals surface area (Å²) < 4.78 is 0. The molecule has 1 aromatic heterocycles. The standard InChI is InChI=1S/C23H28N4O3S/c1-15-5-2-3-6-16(15)13-20(29)27-11-9-26(10-12-27)14-19(28)25-23-21(22(24)30)17-7-4-8-18(17)31-23/h2-3,5-6H,4,7-14H2,1H3,(H2,24,30)(H,25,28). The molecule has 3 N–H and O–H groups in total. The van der Waals surface area contributed by atoms with Crippen LogP contribution in [0.1, 0.15) is 38.3 Å². The second kappa shape index (κ2) is 9.20. The number of carbonyl (C=O) groups excluding carboxylic acids is 3. The van der Waals surface area contributed by atoms with E-state index in [0.717, 1.165) is 40.8 Å². The lowest BCUT2D eigenvalue weighted by Gasteiger charge is -2.34. The van der Waals surface area contributed by atoms with Gasteiger partial charge in [-0.05, 0) is 42.9 Å². The molecular weight excluding hydrogens is 412 g/mol. The third-order valence-electron chi connectivity index (χ3n) is 6.12. The molecule has 1 fully saturated rings. The van der Waals surface area contributed by atoms with Gasteiger partial charge in [-0.25, -0.2) is 0 Å². The molecule has 2 heterocycles. The number of nitrogens with zero attached hydrogens (tertiary/aromatic N) is 2. The number of rotatable bonds is 6. The topological polar surface area (TPSA) is 95.7 Å². The molecule has 7 nitrogen and oxygen atoms in total. The lowest BCUT2D eigenvalue weighted by Crippen LogP contribution is -2.50. The van der Waals surface area contributed by atoms with Crippen LogP contribution in [0.25, 0.3) is 0 Å². The summed E-state index contributed by atoms with van der Waals surface area (Å²) in [4.78, 5) is 42.2. The highest BCUT2D eigenvalue weighted by atomic mass is 32.1. The van der Waals surface area contributed by atoms with Crippen LogP contribution >= 0.6 is 11.3 Å². The van der Waals surface area contributed by atoms with Crippen LogP contribution in [0, 0.1) is 6.92 Å². The van der Waals surface area contributed by atoms with Crippen LogP contribution in [0.2, 0.25) is 0 Å². The quantitative estimate of drug-likeness (QED) is 0.718. The Labute approximate surface area is 186 Å². The average Bonchev–Trinajstić information content (AvgIpc) is 3.30. The van der Waals surface area contributed by atoms with Crippen LogP contribution in [0.4, 0.5) is 5.00 Å². The van der Waals surface area contributed by atoms with Crippen molar-refractivity contribution in [2.24, 2.45) is 5.73 Å². The van der Waals surface area contributed by atoms with E-state index in [1.54, 1.807) is 0 Å². The van der Waals surface area contributed by atoms with Crippen LogP contribution in [0.15, 0.2) is 24.3 Å². The van der Waals surface area contributed by atoms with Crippen molar-refractivity contribution in [3.8, 4) is 0 Å². The van der Waals surface area contributed by atoms with Gasteiger partial charge in [0.05, 0.1) is 18.5 Å². The number of thiophene rings is 1. The zero-order valence-corrected chi connectivity index (χ0v) is 18.6. The molecular formula is C23H28N4O3S. The van der Waals surface area contributed by atoms with Crippen LogP contribution in [-0.2, 0) is 28.9 Å². The van der Waals surface area contributed by atoms with Crippen molar-refractivity contribution < 1.29 is 14.4 Å². The molecule has 1 saturated heterocycles. The zero-order valence-electron chi connectivity index (χ0n) is 17.8. The van der Waals surface area contributed by atoms with Crippen molar-refractivity contribution in [1.29, 1.82) is 0 Å². The van der Waals surface area contributed by atoms with Gasteiger partial charge in [-0.2, -0.15) is 0 Å². The van der Waals surface area contributed by atoms with Crippen molar-refractivity contribution in [2.75, 3.05) is 38.0 Å². The second-order valence-electron chi connectivity index (χ2n) is 8.23. The monoisotopic (exact) mass is 440 g/mol. The number of primary amides is 1. The Morgan fingerprint density at radius 3 is 2.55 bits per heavy atom. The minimum atomic E-state index is -0.476. The maximum Gasteiger partial charge on any atom is 0.251 e. The number of aryl methyl sites for hydroxylation is 2. The minimum Gasteiger partial charge on any atom is -0.365 e. The van der Waals surface area contributed by atoms with E-state index in [1.165, 1.54) is 11.3 Å². The summed E-state index contributed by atoms with van der Waals surface area (Å²) in [6.07, 6.45) is 3.22. The third-order valence-corrected chi connectivity index (χ3v) is 7.32. The van der Waals surface area contributed by atoms with Crippen molar-refractivity contribution >= 4 is 34.1 Å². The molecule has 3 amide bonds. The Balaban J connectivity index is 1.28. The van der Waals surface area contributed by atoms with Crippen LogP contribution < -0.4 is 11.1 Å². The number of carbonyl (C=O) groups is 3. The van der Waals surface area contributed by atoms with E-state index in [-0.39, 0.29) is 18.4 Å². The highest BCUT2D eigenvalue weighted by molar-refractivity contribution is 7.17. The summed E-state index contributed by atoms with van der Waals surface area (Å²) >= 11 is 1.47. The Kier molecular flexibility index (Phi) is 6.38. The molecule has 1 aliphatic heterocycles. The summed E-state index contributed by atoms with van der Waals surface area (Å²) in [5.41, 5.74) is 9.24. The first-order chi connectivity index (χ1) is 14.9. The zero-order chi connectivity index (χ0) is 22.0. The van der Waals surface area contributed by atoms with Crippen molar-refractivity contribution in [1.82, 2.24) is 9.80 Å². The Bertz CT molecular complexity index is 1010. The number of benzene rings is 1. The van der Waals surface area contributed by atoms with E-state index in [4.69, 9.17) is 5.73 Å². The first kappa shape index (κ1) is 21.5. The van der Waals surface area contributed by atoms with E-state index >= 15 is 0 Å². The van der Waals surface area contributed by atoms with Crippen molar-refractivity contribution in [2.45, 2.75) is 32.6 Å². The number of nitrogens with one attached hydrogen (secondary N) is 1. The number of hydrogen-bond donors (Lipinski definition) is 2. The molecule has 1 aromatic carbocycles. The van der Waals surface area contributed by atoms with Gasteiger partial charge in [-0.15, -0.1) is 11.3 Å².